The smallest absolute Gasteiger partial charge is 0.367 e. The lowest BCUT2D eigenvalue weighted by atomic mass is 10.0. The van der Waals surface area contributed by atoms with Crippen LogP contribution in [0.1, 0.15) is 15.9 Å². The molecule has 0 aromatic heterocycles. The van der Waals surface area contributed by atoms with Gasteiger partial charge in [-0.2, -0.15) is 4.21 Å². The Hall–Kier alpha value is -2.14. The third-order valence-electron chi connectivity index (χ3n) is 2.57. The van der Waals surface area contributed by atoms with Gasteiger partial charge < -0.3 is 8.37 Å². The Labute approximate surface area is 106 Å². The highest BCUT2D eigenvalue weighted by atomic mass is 32.2. The molecule has 0 bridgehead atoms. The molecule has 90 valence electrons. The van der Waals surface area contributed by atoms with Crippen molar-refractivity contribution >= 4 is 17.1 Å². The predicted molar refractivity (Wildman–Crippen MR) is 65.7 cm³/mol. The van der Waals surface area contributed by atoms with Gasteiger partial charge in [0.05, 0.1) is 5.56 Å². The zero-order chi connectivity index (χ0) is 12.5. The zero-order valence-electron chi connectivity index (χ0n) is 9.16. The summed E-state index contributed by atoms with van der Waals surface area (Å²) in [6, 6.07) is 13.7. The van der Waals surface area contributed by atoms with Crippen LogP contribution in [-0.2, 0) is 11.4 Å². The third kappa shape index (κ3) is 1.78. The fourth-order valence-electron chi connectivity index (χ4n) is 1.75. The molecule has 1 atom stereocenters. The number of fused-ring (bicyclic) bond motifs is 1. The van der Waals surface area contributed by atoms with Gasteiger partial charge in [-0.3, -0.25) is 4.79 Å². The first-order chi connectivity index (χ1) is 8.75. The van der Waals surface area contributed by atoms with Crippen LogP contribution in [0.15, 0.2) is 48.5 Å². The van der Waals surface area contributed by atoms with E-state index in [0.29, 0.717) is 16.9 Å². The molecule has 0 N–H and O–H groups in total. The van der Waals surface area contributed by atoms with E-state index in [2.05, 4.69) is 0 Å². The Morgan fingerprint density at radius 2 is 1.72 bits per heavy atom. The molecule has 2 aromatic carbocycles. The van der Waals surface area contributed by atoms with E-state index in [1.165, 1.54) is 0 Å². The van der Waals surface area contributed by atoms with Crippen molar-refractivity contribution in [3.05, 3.63) is 59.7 Å². The monoisotopic (exact) mass is 260 g/mol. The van der Waals surface area contributed by atoms with Crippen LogP contribution >= 0.6 is 0 Å². The Morgan fingerprint density at radius 1 is 0.944 bits per heavy atom. The molecule has 0 aliphatic carbocycles. The van der Waals surface area contributed by atoms with Gasteiger partial charge in [-0.05, 0) is 12.1 Å². The van der Waals surface area contributed by atoms with Crippen LogP contribution < -0.4 is 8.37 Å². The van der Waals surface area contributed by atoms with Crippen LogP contribution in [0.25, 0.3) is 0 Å². The average Bonchev–Trinajstić information content (AvgIpc) is 2.79. The molecular weight excluding hydrogens is 252 g/mol. The first-order valence-corrected chi connectivity index (χ1v) is 6.27. The Kier molecular flexibility index (Phi) is 2.60. The van der Waals surface area contributed by atoms with Gasteiger partial charge in [0.1, 0.15) is 0 Å². The molecule has 18 heavy (non-hydrogen) atoms. The molecule has 0 radical (unpaired) electrons. The molecule has 4 nitrogen and oxygen atoms in total. The normalized spacial score (nSPS) is 16.6. The lowest BCUT2D eigenvalue weighted by molar-refractivity contribution is 0.103. The standard InChI is InChI=1S/C13H8O4S/c14-12(9-5-2-1-3-6-9)10-7-4-8-11-13(10)17-18(15)16-11/h1-8H. The highest BCUT2D eigenvalue weighted by Crippen LogP contribution is 2.38. The first-order valence-electron chi connectivity index (χ1n) is 5.27. The van der Waals surface area contributed by atoms with Crippen molar-refractivity contribution in [1.29, 1.82) is 0 Å². The van der Waals surface area contributed by atoms with E-state index >= 15 is 0 Å². The van der Waals surface area contributed by atoms with Gasteiger partial charge >= 0.3 is 11.4 Å². The molecule has 0 saturated heterocycles. The van der Waals surface area contributed by atoms with E-state index in [4.69, 9.17) is 8.37 Å². The molecule has 0 spiro atoms. The topological polar surface area (TPSA) is 52.6 Å². The molecule has 0 saturated carbocycles. The van der Waals surface area contributed by atoms with Crippen LogP contribution in [0.3, 0.4) is 0 Å². The quantitative estimate of drug-likeness (QED) is 0.777. The average molecular weight is 260 g/mol. The minimum absolute atomic E-state index is 0.185. The van der Waals surface area contributed by atoms with Gasteiger partial charge in [-0.15, -0.1) is 0 Å². The maximum atomic E-state index is 12.3. The highest BCUT2D eigenvalue weighted by Gasteiger charge is 2.27. The lowest BCUT2D eigenvalue weighted by Crippen LogP contribution is -2.03. The van der Waals surface area contributed by atoms with Crippen LogP contribution in [0.2, 0.25) is 0 Å². The summed E-state index contributed by atoms with van der Waals surface area (Å²) in [6.45, 7) is 0. The van der Waals surface area contributed by atoms with Crippen molar-refractivity contribution in [2.45, 2.75) is 0 Å². The van der Waals surface area contributed by atoms with Crippen LogP contribution in [-0.4, -0.2) is 9.99 Å². The molecule has 3 rings (SSSR count). The van der Waals surface area contributed by atoms with Crippen molar-refractivity contribution < 1.29 is 17.4 Å². The number of ketones is 1. The highest BCUT2D eigenvalue weighted by molar-refractivity contribution is 7.76. The maximum Gasteiger partial charge on any atom is 0.418 e. The summed E-state index contributed by atoms with van der Waals surface area (Å²) in [5, 5.41) is 0. The van der Waals surface area contributed by atoms with E-state index < -0.39 is 11.4 Å². The van der Waals surface area contributed by atoms with E-state index in [0.717, 1.165) is 0 Å². The lowest BCUT2D eigenvalue weighted by Gasteiger charge is -2.03. The van der Waals surface area contributed by atoms with Crippen LogP contribution in [0.5, 0.6) is 11.5 Å². The fraction of sp³-hybridized carbons (Fsp3) is 0. The van der Waals surface area contributed by atoms with Gasteiger partial charge in [0.25, 0.3) is 0 Å². The summed E-state index contributed by atoms with van der Waals surface area (Å²) in [6.07, 6.45) is 0. The van der Waals surface area contributed by atoms with Gasteiger partial charge in [-0.1, -0.05) is 36.4 Å². The van der Waals surface area contributed by atoms with Crippen LogP contribution in [0, 0.1) is 0 Å². The van der Waals surface area contributed by atoms with Crippen molar-refractivity contribution in [1.82, 2.24) is 0 Å². The minimum atomic E-state index is -1.85. The SMILES string of the molecule is O=C(c1ccccc1)c1cccc2c1OS(=O)O2. The molecule has 1 aliphatic heterocycles. The second-order valence-electron chi connectivity index (χ2n) is 3.70. The zero-order valence-corrected chi connectivity index (χ0v) is 9.98. The van der Waals surface area contributed by atoms with Gasteiger partial charge in [0.2, 0.25) is 0 Å². The Balaban J connectivity index is 2.07. The molecule has 5 heteroatoms. The summed E-state index contributed by atoms with van der Waals surface area (Å²) in [5.41, 5.74) is 0.900. The summed E-state index contributed by atoms with van der Waals surface area (Å²) < 4.78 is 21.1. The van der Waals surface area contributed by atoms with Crippen molar-refractivity contribution in [2.24, 2.45) is 0 Å². The number of para-hydroxylation sites is 1. The molecule has 0 amide bonds. The van der Waals surface area contributed by atoms with E-state index in [9.17, 15) is 9.00 Å². The number of rotatable bonds is 2. The molecule has 1 unspecified atom stereocenters. The van der Waals surface area contributed by atoms with E-state index in [-0.39, 0.29) is 11.5 Å². The molecule has 1 heterocycles. The van der Waals surface area contributed by atoms with Crippen LogP contribution in [0.4, 0.5) is 0 Å². The van der Waals surface area contributed by atoms with Gasteiger partial charge in [0, 0.05) is 5.56 Å². The number of benzene rings is 2. The number of carbonyl (C=O) groups is 1. The number of carbonyl (C=O) groups excluding carboxylic acids is 1. The second kappa shape index (κ2) is 4.27. The van der Waals surface area contributed by atoms with E-state index in [1.54, 1.807) is 42.5 Å². The Bertz CT molecular complexity index is 637. The van der Waals surface area contributed by atoms with Gasteiger partial charge in [0.15, 0.2) is 17.3 Å². The largest absolute Gasteiger partial charge is 0.418 e. The second-order valence-corrected chi connectivity index (χ2v) is 4.44. The van der Waals surface area contributed by atoms with Gasteiger partial charge in [-0.25, -0.2) is 0 Å². The fourth-order valence-corrected chi connectivity index (χ4v) is 2.37. The predicted octanol–water partition coefficient (Wildman–Crippen LogP) is 2.27. The number of hydrogen-bond acceptors (Lipinski definition) is 4. The van der Waals surface area contributed by atoms with Crippen molar-refractivity contribution in [2.75, 3.05) is 0 Å². The molecule has 2 aromatic rings. The first kappa shape index (κ1) is 11.0. The van der Waals surface area contributed by atoms with Crippen molar-refractivity contribution in [3.63, 3.8) is 0 Å². The summed E-state index contributed by atoms with van der Waals surface area (Å²) in [4.78, 5) is 12.3. The maximum absolute atomic E-state index is 12.3. The summed E-state index contributed by atoms with van der Waals surface area (Å²) >= 11 is -1.85. The Morgan fingerprint density at radius 3 is 2.50 bits per heavy atom. The van der Waals surface area contributed by atoms with E-state index in [1.807, 2.05) is 6.07 Å². The molecular formula is C13H8O4S. The summed E-state index contributed by atoms with van der Waals surface area (Å²) in [7, 11) is 0. The third-order valence-corrected chi connectivity index (χ3v) is 3.19. The number of hydrogen-bond donors (Lipinski definition) is 0. The minimum Gasteiger partial charge on any atom is -0.367 e. The molecule has 0 fully saturated rings. The van der Waals surface area contributed by atoms with Crippen molar-refractivity contribution in [3.8, 4) is 11.5 Å². The summed E-state index contributed by atoms with van der Waals surface area (Å²) in [5.74, 6) is 0.384. The molecule has 1 aliphatic rings.